The molecule has 3 heteroatoms. The molecule has 1 aromatic carbocycles. The molecule has 1 aromatic rings. The molecule has 0 aromatic heterocycles. The Hall–Kier alpha value is -1.06. The zero-order valence-electron chi connectivity index (χ0n) is 10.1. The lowest BCUT2D eigenvalue weighted by molar-refractivity contribution is 0.210. The molecule has 0 bridgehead atoms. The molecule has 3 N–H and O–H groups in total. The van der Waals surface area contributed by atoms with Crippen molar-refractivity contribution in [2.24, 2.45) is 5.73 Å². The van der Waals surface area contributed by atoms with Gasteiger partial charge in [0.2, 0.25) is 0 Å². The van der Waals surface area contributed by atoms with Gasteiger partial charge in [-0.3, -0.25) is 0 Å². The van der Waals surface area contributed by atoms with E-state index in [0.29, 0.717) is 6.54 Å². The van der Waals surface area contributed by atoms with Crippen molar-refractivity contribution in [3.8, 4) is 5.75 Å². The predicted molar refractivity (Wildman–Crippen MR) is 65.7 cm³/mol. The number of aliphatic hydroxyl groups excluding tert-OH is 1. The largest absolute Gasteiger partial charge is 0.494 e. The molecule has 90 valence electrons. The molecule has 0 saturated carbocycles. The normalized spacial score (nSPS) is 14.5. The SMILES string of the molecule is CCCOc1ccc(C(C)(CN)CO)cc1. The van der Waals surface area contributed by atoms with Crippen LogP contribution < -0.4 is 10.5 Å². The van der Waals surface area contributed by atoms with E-state index in [1.54, 1.807) is 0 Å². The van der Waals surface area contributed by atoms with Crippen LogP contribution in [0.25, 0.3) is 0 Å². The molecule has 0 radical (unpaired) electrons. The number of ether oxygens (including phenoxy) is 1. The van der Waals surface area contributed by atoms with Crippen LogP contribution >= 0.6 is 0 Å². The summed E-state index contributed by atoms with van der Waals surface area (Å²) < 4.78 is 5.50. The van der Waals surface area contributed by atoms with Crippen LogP contribution in [-0.2, 0) is 5.41 Å². The zero-order chi connectivity index (χ0) is 12.0. The van der Waals surface area contributed by atoms with Gasteiger partial charge in [0.05, 0.1) is 13.2 Å². The van der Waals surface area contributed by atoms with Crippen LogP contribution in [0.3, 0.4) is 0 Å². The Morgan fingerprint density at radius 1 is 1.31 bits per heavy atom. The minimum Gasteiger partial charge on any atom is -0.494 e. The summed E-state index contributed by atoms with van der Waals surface area (Å²) in [6, 6.07) is 7.78. The minimum atomic E-state index is -0.358. The van der Waals surface area contributed by atoms with Crippen LogP contribution in [0.4, 0.5) is 0 Å². The molecule has 0 amide bonds. The van der Waals surface area contributed by atoms with Crippen molar-refractivity contribution >= 4 is 0 Å². The molecule has 0 heterocycles. The van der Waals surface area contributed by atoms with Crippen molar-refractivity contribution < 1.29 is 9.84 Å². The van der Waals surface area contributed by atoms with E-state index < -0.39 is 0 Å². The molecule has 0 saturated heterocycles. The Morgan fingerprint density at radius 2 is 1.94 bits per heavy atom. The third kappa shape index (κ3) is 2.97. The van der Waals surface area contributed by atoms with Gasteiger partial charge >= 0.3 is 0 Å². The lowest BCUT2D eigenvalue weighted by Gasteiger charge is -2.26. The van der Waals surface area contributed by atoms with Crippen molar-refractivity contribution in [2.75, 3.05) is 19.8 Å². The molecular formula is C13H21NO2. The van der Waals surface area contributed by atoms with E-state index in [1.807, 2.05) is 31.2 Å². The van der Waals surface area contributed by atoms with Gasteiger partial charge in [0.25, 0.3) is 0 Å². The first-order chi connectivity index (χ1) is 7.66. The minimum absolute atomic E-state index is 0.0542. The fraction of sp³-hybridized carbons (Fsp3) is 0.538. The second kappa shape index (κ2) is 5.87. The summed E-state index contributed by atoms with van der Waals surface area (Å²) >= 11 is 0. The Balaban J connectivity index is 2.77. The topological polar surface area (TPSA) is 55.5 Å². The van der Waals surface area contributed by atoms with Crippen LogP contribution in [0, 0.1) is 0 Å². The highest BCUT2D eigenvalue weighted by Gasteiger charge is 2.23. The van der Waals surface area contributed by atoms with Crippen LogP contribution in [0.5, 0.6) is 5.75 Å². The number of rotatable bonds is 6. The van der Waals surface area contributed by atoms with E-state index >= 15 is 0 Å². The first-order valence-electron chi connectivity index (χ1n) is 5.70. The summed E-state index contributed by atoms with van der Waals surface area (Å²) in [5.74, 6) is 0.864. The smallest absolute Gasteiger partial charge is 0.119 e. The summed E-state index contributed by atoms with van der Waals surface area (Å²) in [4.78, 5) is 0. The number of benzene rings is 1. The standard InChI is InChI=1S/C13H21NO2/c1-3-8-16-12-6-4-11(5-7-12)13(2,9-14)10-15/h4-7,15H,3,8-10,14H2,1-2H3. The fourth-order valence-corrected chi connectivity index (χ4v) is 1.45. The third-order valence-electron chi connectivity index (χ3n) is 2.82. The average Bonchev–Trinajstić information content (AvgIpc) is 2.36. The Bertz CT molecular complexity index is 304. The molecule has 0 aliphatic carbocycles. The third-order valence-corrected chi connectivity index (χ3v) is 2.82. The van der Waals surface area contributed by atoms with Crippen molar-refractivity contribution in [1.82, 2.24) is 0 Å². The van der Waals surface area contributed by atoms with Gasteiger partial charge in [0.1, 0.15) is 5.75 Å². The molecule has 0 aliphatic rings. The van der Waals surface area contributed by atoms with Gasteiger partial charge < -0.3 is 15.6 Å². The van der Waals surface area contributed by atoms with Gasteiger partial charge in [-0.1, -0.05) is 26.0 Å². The summed E-state index contributed by atoms with van der Waals surface area (Å²) in [5, 5.41) is 9.34. The molecule has 16 heavy (non-hydrogen) atoms. The molecular weight excluding hydrogens is 202 g/mol. The van der Waals surface area contributed by atoms with Gasteiger partial charge in [-0.05, 0) is 24.1 Å². The molecule has 3 nitrogen and oxygen atoms in total. The zero-order valence-corrected chi connectivity index (χ0v) is 10.1. The van der Waals surface area contributed by atoms with Gasteiger partial charge in [-0.15, -0.1) is 0 Å². The first-order valence-corrected chi connectivity index (χ1v) is 5.70. The maximum atomic E-state index is 9.34. The van der Waals surface area contributed by atoms with Crippen molar-refractivity contribution in [2.45, 2.75) is 25.7 Å². The van der Waals surface area contributed by atoms with Gasteiger partial charge in [0.15, 0.2) is 0 Å². The van der Waals surface area contributed by atoms with Crippen LogP contribution in [0.2, 0.25) is 0 Å². The van der Waals surface area contributed by atoms with Crippen LogP contribution in [0.1, 0.15) is 25.8 Å². The maximum Gasteiger partial charge on any atom is 0.119 e. The summed E-state index contributed by atoms with van der Waals surface area (Å²) in [7, 11) is 0. The molecule has 0 spiro atoms. The highest BCUT2D eigenvalue weighted by molar-refractivity contribution is 5.32. The monoisotopic (exact) mass is 223 g/mol. The van der Waals surface area contributed by atoms with Crippen molar-refractivity contribution in [3.63, 3.8) is 0 Å². The van der Waals surface area contributed by atoms with Crippen LogP contribution in [-0.4, -0.2) is 24.9 Å². The fourth-order valence-electron chi connectivity index (χ4n) is 1.45. The highest BCUT2D eigenvalue weighted by atomic mass is 16.5. The van der Waals surface area contributed by atoms with Crippen LogP contribution in [0.15, 0.2) is 24.3 Å². The van der Waals surface area contributed by atoms with E-state index in [-0.39, 0.29) is 12.0 Å². The average molecular weight is 223 g/mol. The predicted octanol–water partition coefficient (Wildman–Crippen LogP) is 1.68. The Kier molecular flexibility index (Phi) is 4.77. The Morgan fingerprint density at radius 3 is 2.38 bits per heavy atom. The molecule has 1 unspecified atom stereocenters. The van der Waals surface area contributed by atoms with E-state index in [1.165, 1.54) is 0 Å². The number of hydrogen-bond acceptors (Lipinski definition) is 3. The van der Waals surface area contributed by atoms with Crippen molar-refractivity contribution in [3.05, 3.63) is 29.8 Å². The van der Waals surface area contributed by atoms with E-state index in [4.69, 9.17) is 10.5 Å². The maximum absolute atomic E-state index is 9.34. The first kappa shape index (κ1) is 13.0. The summed E-state index contributed by atoms with van der Waals surface area (Å²) in [6.07, 6.45) is 0.999. The van der Waals surface area contributed by atoms with Gasteiger partial charge in [0, 0.05) is 12.0 Å². The second-order valence-corrected chi connectivity index (χ2v) is 4.30. The lowest BCUT2D eigenvalue weighted by atomic mass is 9.83. The van der Waals surface area contributed by atoms with Crippen molar-refractivity contribution in [1.29, 1.82) is 0 Å². The second-order valence-electron chi connectivity index (χ2n) is 4.30. The Labute approximate surface area is 97.2 Å². The molecule has 0 aliphatic heterocycles. The number of aliphatic hydroxyl groups is 1. The van der Waals surface area contributed by atoms with Gasteiger partial charge in [-0.2, -0.15) is 0 Å². The molecule has 1 rings (SSSR count). The highest BCUT2D eigenvalue weighted by Crippen LogP contribution is 2.24. The van der Waals surface area contributed by atoms with E-state index in [2.05, 4.69) is 6.92 Å². The summed E-state index contributed by atoms with van der Waals surface area (Å²) in [5.41, 5.74) is 6.36. The molecule has 1 atom stereocenters. The number of nitrogens with two attached hydrogens (primary N) is 1. The summed E-state index contributed by atoms with van der Waals surface area (Å²) in [6.45, 7) is 5.24. The number of hydrogen-bond donors (Lipinski definition) is 2. The van der Waals surface area contributed by atoms with E-state index in [0.717, 1.165) is 24.3 Å². The van der Waals surface area contributed by atoms with E-state index in [9.17, 15) is 5.11 Å². The molecule has 0 fully saturated rings. The quantitative estimate of drug-likeness (QED) is 0.771. The lowest BCUT2D eigenvalue weighted by Crippen LogP contribution is -2.35. The van der Waals surface area contributed by atoms with Gasteiger partial charge in [-0.25, -0.2) is 0 Å².